The number of anilines is 1. The number of aromatic amines is 1. The lowest BCUT2D eigenvalue weighted by atomic mass is 10.2. The number of aromatic nitrogens is 2. The fourth-order valence-electron chi connectivity index (χ4n) is 1.20. The van der Waals surface area contributed by atoms with Gasteiger partial charge in [-0.3, -0.25) is 9.59 Å². The van der Waals surface area contributed by atoms with E-state index in [9.17, 15) is 9.59 Å². The Bertz CT molecular complexity index is 590. The Morgan fingerprint density at radius 3 is 2.65 bits per heavy atom. The van der Waals surface area contributed by atoms with Crippen molar-refractivity contribution in [3.05, 3.63) is 46.5 Å². The number of carbonyl (C=O) groups excluding carboxylic acids is 1. The lowest BCUT2D eigenvalue weighted by molar-refractivity contribution is 0.112. The van der Waals surface area contributed by atoms with Gasteiger partial charge in [0.25, 0.3) is 5.56 Å². The van der Waals surface area contributed by atoms with Crippen LogP contribution >= 0.6 is 0 Å². The molecule has 0 amide bonds. The van der Waals surface area contributed by atoms with Crippen molar-refractivity contribution in [3.63, 3.8) is 0 Å². The van der Waals surface area contributed by atoms with E-state index in [2.05, 4.69) is 9.97 Å². The van der Waals surface area contributed by atoms with Crippen LogP contribution in [0.3, 0.4) is 0 Å². The fraction of sp³-hybridized carbons (Fsp3) is 0. The number of rotatable bonds is 3. The van der Waals surface area contributed by atoms with Gasteiger partial charge in [-0.15, -0.1) is 0 Å². The standard InChI is InChI=1S/C11H9N3O3/c12-9-10(16)13-6-14-11(9)17-8-3-1-7(5-15)2-4-8/h1-6H,12H2,(H,13,14,16). The average molecular weight is 231 g/mol. The Morgan fingerprint density at radius 1 is 1.29 bits per heavy atom. The predicted molar refractivity (Wildman–Crippen MR) is 61.2 cm³/mol. The molecule has 1 aromatic heterocycles. The van der Waals surface area contributed by atoms with Crippen molar-refractivity contribution in [1.29, 1.82) is 0 Å². The van der Waals surface area contributed by atoms with E-state index in [-0.39, 0.29) is 11.6 Å². The molecule has 0 saturated carbocycles. The van der Waals surface area contributed by atoms with Crippen molar-refractivity contribution in [2.24, 2.45) is 0 Å². The van der Waals surface area contributed by atoms with Gasteiger partial charge in [0.1, 0.15) is 12.0 Å². The smallest absolute Gasteiger partial charge is 0.277 e. The van der Waals surface area contributed by atoms with Gasteiger partial charge in [0.15, 0.2) is 5.69 Å². The van der Waals surface area contributed by atoms with Crippen LogP contribution in [-0.2, 0) is 0 Å². The maximum atomic E-state index is 11.2. The van der Waals surface area contributed by atoms with E-state index in [0.717, 1.165) is 6.29 Å². The molecule has 0 radical (unpaired) electrons. The zero-order valence-corrected chi connectivity index (χ0v) is 8.71. The lowest BCUT2D eigenvalue weighted by Gasteiger charge is -2.05. The third-order valence-corrected chi connectivity index (χ3v) is 2.08. The number of hydrogen-bond donors (Lipinski definition) is 2. The fourth-order valence-corrected chi connectivity index (χ4v) is 1.20. The largest absolute Gasteiger partial charge is 0.437 e. The maximum Gasteiger partial charge on any atom is 0.277 e. The second-order valence-electron chi connectivity index (χ2n) is 3.24. The Hall–Kier alpha value is -2.63. The van der Waals surface area contributed by atoms with Gasteiger partial charge in [0.2, 0.25) is 5.88 Å². The van der Waals surface area contributed by atoms with E-state index >= 15 is 0 Å². The molecular formula is C11H9N3O3. The molecule has 2 aromatic rings. The number of aldehydes is 1. The normalized spacial score (nSPS) is 9.88. The SMILES string of the molecule is Nc1c(Oc2ccc(C=O)cc2)nc[nH]c1=O. The molecule has 0 aliphatic rings. The molecule has 3 N–H and O–H groups in total. The summed E-state index contributed by atoms with van der Waals surface area (Å²) in [5.74, 6) is 0.480. The first-order valence-electron chi connectivity index (χ1n) is 4.77. The van der Waals surface area contributed by atoms with Gasteiger partial charge in [0, 0.05) is 5.56 Å². The Kier molecular flexibility index (Phi) is 2.87. The number of carbonyl (C=O) groups is 1. The number of H-pyrrole nitrogens is 1. The van der Waals surface area contributed by atoms with Crippen molar-refractivity contribution in [3.8, 4) is 11.6 Å². The number of benzene rings is 1. The van der Waals surface area contributed by atoms with E-state index in [1.54, 1.807) is 24.3 Å². The minimum absolute atomic E-state index is 0.0348. The van der Waals surface area contributed by atoms with Crippen LogP contribution in [-0.4, -0.2) is 16.3 Å². The summed E-state index contributed by atoms with van der Waals surface area (Å²) >= 11 is 0. The highest BCUT2D eigenvalue weighted by Crippen LogP contribution is 2.21. The summed E-state index contributed by atoms with van der Waals surface area (Å²) in [5.41, 5.74) is 5.48. The summed E-state index contributed by atoms with van der Waals surface area (Å²) in [7, 11) is 0. The maximum absolute atomic E-state index is 11.2. The molecule has 17 heavy (non-hydrogen) atoms. The summed E-state index contributed by atoms with van der Waals surface area (Å²) in [6.45, 7) is 0. The van der Waals surface area contributed by atoms with Gasteiger partial charge in [-0.2, -0.15) is 0 Å². The number of nitrogens with two attached hydrogens (primary N) is 1. The van der Waals surface area contributed by atoms with Gasteiger partial charge in [0.05, 0.1) is 6.33 Å². The summed E-state index contributed by atoms with van der Waals surface area (Å²) in [6, 6.07) is 6.36. The number of nitrogen functional groups attached to an aromatic ring is 1. The molecule has 0 unspecified atom stereocenters. The van der Waals surface area contributed by atoms with Crippen LogP contribution in [0.4, 0.5) is 5.69 Å². The summed E-state index contributed by atoms with van der Waals surface area (Å²) in [4.78, 5) is 27.8. The van der Waals surface area contributed by atoms with E-state index < -0.39 is 5.56 Å². The third-order valence-electron chi connectivity index (χ3n) is 2.08. The highest BCUT2D eigenvalue weighted by Gasteiger charge is 2.06. The van der Waals surface area contributed by atoms with Crippen molar-refractivity contribution < 1.29 is 9.53 Å². The Morgan fingerprint density at radius 2 is 2.00 bits per heavy atom. The van der Waals surface area contributed by atoms with Crippen LogP contribution in [0.15, 0.2) is 35.4 Å². The summed E-state index contributed by atoms with van der Waals surface area (Å²) in [6.07, 6.45) is 1.93. The molecule has 1 aromatic carbocycles. The van der Waals surface area contributed by atoms with E-state index in [4.69, 9.17) is 10.5 Å². The highest BCUT2D eigenvalue weighted by molar-refractivity contribution is 5.74. The molecule has 0 spiro atoms. The minimum atomic E-state index is -0.459. The predicted octanol–water partition coefficient (Wildman–Crippen LogP) is 0.957. The van der Waals surface area contributed by atoms with Crippen LogP contribution in [0.1, 0.15) is 10.4 Å². The van der Waals surface area contributed by atoms with Crippen molar-refractivity contribution in [2.75, 3.05) is 5.73 Å². The lowest BCUT2D eigenvalue weighted by Crippen LogP contribution is -2.13. The zero-order chi connectivity index (χ0) is 12.3. The zero-order valence-electron chi connectivity index (χ0n) is 8.71. The molecule has 0 aliphatic carbocycles. The van der Waals surface area contributed by atoms with Crippen LogP contribution < -0.4 is 16.0 Å². The average Bonchev–Trinajstić information content (AvgIpc) is 2.36. The monoisotopic (exact) mass is 231 g/mol. The quantitative estimate of drug-likeness (QED) is 0.766. The first-order valence-corrected chi connectivity index (χ1v) is 4.77. The van der Waals surface area contributed by atoms with Gasteiger partial charge < -0.3 is 15.5 Å². The molecule has 0 bridgehead atoms. The first kappa shape index (κ1) is 10.9. The van der Waals surface area contributed by atoms with Crippen LogP contribution in [0.5, 0.6) is 11.6 Å². The molecule has 0 atom stereocenters. The molecular weight excluding hydrogens is 222 g/mol. The Labute approximate surface area is 96.1 Å². The van der Waals surface area contributed by atoms with Gasteiger partial charge >= 0.3 is 0 Å². The summed E-state index contributed by atoms with van der Waals surface area (Å²) < 4.78 is 5.32. The van der Waals surface area contributed by atoms with Crippen molar-refractivity contribution in [2.45, 2.75) is 0 Å². The van der Waals surface area contributed by atoms with Crippen LogP contribution in [0, 0.1) is 0 Å². The van der Waals surface area contributed by atoms with Gasteiger partial charge in [-0.05, 0) is 24.3 Å². The molecule has 1 heterocycles. The van der Waals surface area contributed by atoms with E-state index in [1.807, 2.05) is 0 Å². The number of ether oxygens (including phenoxy) is 1. The molecule has 0 saturated heterocycles. The second kappa shape index (κ2) is 4.48. The number of hydrogen-bond acceptors (Lipinski definition) is 5. The van der Waals surface area contributed by atoms with Gasteiger partial charge in [-0.1, -0.05) is 0 Å². The molecule has 0 aliphatic heterocycles. The van der Waals surface area contributed by atoms with Crippen LogP contribution in [0.2, 0.25) is 0 Å². The number of nitrogens with one attached hydrogen (secondary N) is 1. The van der Waals surface area contributed by atoms with E-state index in [1.165, 1.54) is 6.33 Å². The van der Waals surface area contributed by atoms with Crippen molar-refractivity contribution in [1.82, 2.24) is 9.97 Å². The first-order chi connectivity index (χ1) is 8.20. The summed E-state index contributed by atoms with van der Waals surface area (Å²) in [5, 5.41) is 0. The Balaban J connectivity index is 2.28. The van der Waals surface area contributed by atoms with Crippen LogP contribution in [0.25, 0.3) is 0 Å². The molecule has 6 heteroatoms. The van der Waals surface area contributed by atoms with Gasteiger partial charge in [-0.25, -0.2) is 4.98 Å². The topological polar surface area (TPSA) is 98.1 Å². The highest BCUT2D eigenvalue weighted by atomic mass is 16.5. The third kappa shape index (κ3) is 2.31. The van der Waals surface area contributed by atoms with E-state index in [0.29, 0.717) is 11.3 Å². The molecule has 0 fully saturated rings. The second-order valence-corrected chi connectivity index (χ2v) is 3.24. The minimum Gasteiger partial charge on any atom is -0.437 e. The van der Waals surface area contributed by atoms with Crippen molar-refractivity contribution >= 4 is 12.0 Å². The molecule has 6 nitrogen and oxygen atoms in total. The molecule has 86 valence electrons. The molecule has 2 rings (SSSR count). The number of nitrogens with zero attached hydrogens (tertiary/aromatic N) is 1.